The van der Waals surface area contributed by atoms with Crippen molar-refractivity contribution in [2.45, 2.75) is 12.5 Å². The average Bonchev–Trinajstić information content (AvgIpc) is 2.39. The van der Waals surface area contributed by atoms with E-state index < -0.39 is 12.0 Å². The van der Waals surface area contributed by atoms with Gasteiger partial charge in [-0.3, -0.25) is 14.6 Å². The molecule has 1 aromatic rings. The maximum absolute atomic E-state index is 12.2. The predicted octanol–water partition coefficient (Wildman–Crippen LogP) is 0.397. The van der Waals surface area contributed by atoms with Crippen molar-refractivity contribution in [2.24, 2.45) is 0 Å². The van der Waals surface area contributed by atoms with E-state index in [1.54, 1.807) is 29.4 Å². The number of pyridine rings is 1. The molecular formula is C12H14N2O4. The van der Waals surface area contributed by atoms with Crippen LogP contribution < -0.4 is 0 Å². The number of nitrogens with zero attached hydrogens (tertiary/aromatic N) is 2. The highest BCUT2D eigenvalue weighted by molar-refractivity contribution is 5.94. The van der Waals surface area contributed by atoms with Crippen molar-refractivity contribution in [2.75, 3.05) is 19.8 Å². The Morgan fingerprint density at radius 3 is 2.83 bits per heavy atom. The van der Waals surface area contributed by atoms with Gasteiger partial charge >= 0.3 is 5.97 Å². The van der Waals surface area contributed by atoms with Crippen LogP contribution in [0.2, 0.25) is 0 Å². The van der Waals surface area contributed by atoms with Crippen LogP contribution in [0.1, 0.15) is 16.8 Å². The van der Waals surface area contributed by atoms with Gasteiger partial charge in [0.25, 0.3) is 5.91 Å². The fourth-order valence-corrected chi connectivity index (χ4v) is 1.95. The van der Waals surface area contributed by atoms with Gasteiger partial charge in [-0.05, 0) is 12.1 Å². The Labute approximate surface area is 104 Å². The van der Waals surface area contributed by atoms with Crippen LogP contribution in [0.4, 0.5) is 0 Å². The smallest absolute Gasteiger partial charge is 0.305 e. The van der Waals surface area contributed by atoms with Gasteiger partial charge in [0.15, 0.2) is 0 Å². The SMILES string of the molecule is O=C(O)CC1COCCN1C(=O)c1ccncc1. The number of morpholine rings is 1. The van der Waals surface area contributed by atoms with Crippen molar-refractivity contribution in [3.8, 4) is 0 Å². The second-order valence-electron chi connectivity index (χ2n) is 4.06. The number of carboxylic acid groups (broad SMARTS) is 1. The summed E-state index contributed by atoms with van der Waals surface area (Å²) in [5.41, 5.74) is 0.516. The average molecular weight is 250 g/mol. The summed E-state index contributed by atoms with van der Waals surface area (Å²) in [6.45, 7) is 1.12. The molecule has 0 aromatic carbocycles. The van der Waals surface area contributed by atoms with E-state index in [1.807, 2.05) is 0 Å². The van der Waals surface area contributed by atoms with E-state index >= 15 is 0 Å². The molecule has 1 fully saturated rings. The van der Waals surface area contributed by atoms with E-state index in [9.17, 15) is 9.59 Å². The molecule has 1 atom stereocenters. The monoisotopic (exact) mass is 250 g/mol. The number of amides is 1. The van der Waals surface area contributed by atoms with Gasteiger partial charge in [0, 0.05) is 24.5 Å². The first-order valence-electron chi connectivity index (χ1n) is 5.69. The number of rotatable bonds is 3. The molecule has 0 spiro atoms. The van der Waals surface area contributed by atoms with Crippen molar-refractivity contribution in [3.05, 3.63) is 30.1 Å². The van der Waals surface area contributed by atoms with E-state index in [-0.39, 0.29) is 18.9 Å². The van der Waals surface area contributed by atoms with Crippen LogP contribution in [0.3, 0.4) is 0 Å². The zero-order valence-corrected chi connectivity index (χ0v) is 9.78. The molecule has 1 aliphatic heterocycles. The minimum absolute atomic E-state index is 0.100. The fraction of sp³-hybridized carbons (Fsp3) is 0.417. The number of carbonyl (C=O) groups is 2. The highest BCUT2D eigenvalue weighted by Crippen LogP contribution is 2.14. The van der Waals surface area contributed by atoms with Crippen molar-refractivity contribution in [1.82, 2.24) is 9.88 Å². The molecule has 6 heteroatoms. The lowest BCUT2D eigenvalue weighted by Crippen LogP contribution is -2.49. The normalized spacial score (nSPS) is 19.6. The molecule has 0 radical (unpaired) electrons. The van der Waals surface area contributed by atoms with Gasteiger partial charge < -0.3 is 14.7 Å². The molecule has 18 heavy (non-hydrogen) atoms. The Bertz CT molecular complexity index is 435. The minimum atomic E-state index is -0.932. The number of hydrogen-bond acceptors (Lipinski definition) is 4. The molecule has 0 aliphatic carbocycles. The third-order valence-corrected chi connectivity index (χ3v) is 2.83. The van der Waals surface area contributed by atoms with Gasteiger partial charge in [-0.25, -0.2) is 0 Å². The summed E-state index contributed by atoms with van der Waals surface area (Å²) >= 11 is 0. The summed E-state index contributed by atoms with van der Waals surface area (Å²) in [5.74, 6) is -1.11. The summed E-state index contributed by atoms with van der Waals surface area (Å²) in [6, 6.07) is 2.84. The van der Waals surface area contributed by atoms with Crippen molar-refractivity contribution < 1.29 is 19.4 Å². The Balaban J connectivity index is 2.13. The molecule has 1 N–H and O–H groups in total. The van der Waals surface area contributed by atoms with Crippen LogP contribution in [0, 0.1) is 0 Å². The second kappa shape index (κ2) is 5.59. The number of ether oxygens (including phenoxy) is 1. The van der Waals surface area contributed by atoms with Crippen LogP contribution >= 0.6 is 0 Å². The highest BCUT2D eigenvalue weighted by atomic mass is 16.5. The van der Waals surface area contributed by atoms with E-state index in [0.717, 1.165) is 0 Å². The summed E-state index contributed by atoms with van der Waals surface area (Å²) in [6.07, 6.45) is 2.98. The highest BCUT2D eigenvalue weighted by Gasteiger charge is 2.29. The fourth-order valence-electron chi connectivity index (χ4n) is 1.95. The van der Waals surface area contributed by atoms with Gasteiger partial charge in [-0.1, -0.05) is 0 Å². The van der Waals surface area contributed by atoms with E-state index in [4.69, 9.17) is 9.84 Å². The Morgan fingerprint density at radius 2 is 2.17 bits per heavy atom. The molecule has 6 nitrogen and oxygen atoms in total. The second-order valence-corrected chi connectivity index (χ2v) is 4.06. The first-order valence-corrected chi connectivity index (χ1v) is 5.69. The lowest BCUT2D eigenvalue weighted by atomic mass is 10.1. The first kappa shape index (κ1) is 12.5. The van der Waals surface area contributed by atoms with Crippen LogP contribution in [0.25, 0.3) is 0 Å². The molecule has 0 bridgehead atoms. The molecule has 1 aromatic heterocycles. The van der Waals surface area contributed by atoms with E-state index in [2.05, 4.69) is 4.98 Å². The zero-order chi connectivity index (χ0) is 13.0. The molecule has 1 amide bonds. The molecule has 1 aliphatic rings. The van der Waals surface area contributed by atoms with E-state index in [1.165, 1.54) is 0 Å². The summed E-state index contributed by atoms with van der Waals surface area (Å²) < 4.78 is 5.23. The van der Waals surface area contributed by atoms with Gasteiger partial charge in [0.2, 0.25) is 0 Å². The Hall–Kier alpha value is -1.95. The van der Waals surface area contributed by atoms with Crippen molar-refractivity contribution in [3.63, 3.8) is 0 Å². The summed E-state index contributed by atoms with van der Waals surface area (Å²) in [4.78, 5) is 28.4. The quantitative estimate of drug-likeness (QED) is 0.839. The van der Waals surface area contributed by atoms with Gasteiger partial charge in [0.1, 0.15) is 0 Å². The Morgan fingerprint density at radius 1 is 1.44 bits per heavy atom. The largest absolute Gasteiger partial charge is 0.481 e. The number of carbonyl (C=O) groups excluding carboxylic acids is 1. The van der Waals surface area contributed by atoms with Crippen LogP contribution in [0.5, 0.6) is 0 Å². The maximum atomic E-state index is 12.2. The number of hydrogen-bond donors (Lipinski definition) is 1. The minimum Gasteiger partial charge on any atom is -0.481 e. The standard InChI is InChI=1S/C12H14N2O4/c15-11(16)7-10-8-18-6-5-14(10)12(17)9-1-3-13-4-2-9/h1-4,10H,5-8H2,(H,15,16). The molecule has 0 saturated carbocycles. The Kier molecular flexibility index (Phi) is 3.88. The van der Waals surface area contributed by atoms with Crippen molar-refractivity contribution in [1.29, 1.82) is 0 Å². The lowest BCUT2D eigenvalue weighted by Gasteiger charge is -2.34. The van der Waals surface area contributed by atoms with Crippen LogP contribution in [0.15, 0.2) is 24.5 Å². The topological polar surface area (TPSA) is 79.7 Å². The van der Waals surface area contributed by atoms with Gasteiger partial charge in [-0.2, -0.15) is 0 Å². The maximum Gasteiger partial charge on any atom is 0.305 e. The number of carboxylic acids is 1. The van der Waals surface area contributed by atoms with Gasteiger partial charge in [0.05, 0.1) is 25.7 Å². The molecule has 96 valence electrons. The molecule has 1 saturated heterocycles. The molecule has 2 rings (SSSR count). The van der Waals surface area contributed by atoms with Crippen LogP contribution in [-0.2, 0) is 9.53 Å². The number of aliphatic carboxylic acids is 1. The third kappa shape index (κ3) is 2.84. The lowest BCUT2D eigenvalue weighted by molar-refractivity contribution is -0.139. The van der Waals surface area contributed by atoms with Crippen LogP contribution in [-0.4, -0.2) is 52.7 Å². The predicted molar refractivity (Wildman–Crippen MR) is 62.1 cm³/mol. The van der Waals surface area contributed by atoms with Gasteiger partial charge in [-0.15, -0.1) is 0 Å². The summed E-state index contributed by atoms with van der Waals surface area (Å²) in [7, 11) is 0. The third-order valence-electron chi connectivity index (χ3n) is 2.83. The van der Waals surface area contributed by atoms with Crippen molar-refractivity contribution >= 4 is 11.9 Å². The number of aromatic nitrogens is 1. The molecule has 1 unspecified atom stereocenters. The van der Waals surface area contributed by atoms with E-state index in [0.29, 0.717) is 18.7 Å². The first-order chi connectivity index (χ1) is 8.68. The molecule has 2 heterocycles. The zero-order valence-electron chi connectivity index (χ0n) is 9.78. The molecular weight excluding hydrogens is 236 g/mol. The summed E-state index contributed by atoms with van der Waals surface area (Å²) in [5, 5.41) is 8.83.